The lowest BCUT2D eigenvalue weighted by Crippen LogP contribution is -2.25. The van der Waals surface area contributed by atoms with Crippen molar-refractivity contribution in [2.45, 2.75) is 19.4 Å². The summed E-state index contributed by atoms with van der Waals surface area (Å²) in [6.07, 6.45) is 0.860. The Morgan fingerprint density at radius 2 is 2.19 bits per heavy atom. The molecule has 16 heavy (non-hydrogen) atoms. The summed E-state index contributed by atoms with van der Waals surface area (Å²) in [6, 6.07) is 10.2. The average molecular weight is 219 g/mol. The number of nitrogens with one attached hydrogen (secondary N) is 1. The van der Waals surface area contributed by atoms with E-state index in [9.17, 15) is 4.79 Å². The van der Waals surface area contributed by atoms with Crippen molar-refractivity contribution < 1.29 is 9.53 Å². The third kappa shape index (κ3) is 2.25. The summed E-state index contributed by atoms with van der Waals surface area (Å²) in [5.41, 5.74) is 1.16. The first kappa shape index (κ1) is 11.1. The SMILES string of the molecule is CCOC(=O)[C@H]1CCN[C@@H]1c1ccccc1. The summed E-state index contributed by atoms with van der Waals surface area (Å²) in [5.74, 6) is -0.122. The van der Waals surface area contributed by atoms with Crippen molar-refractivity contribution in [3.05, 3.63) is 35.9 Å². The number of carbonyl (C=O) groups is 1. The van der Waals surface area contributed by atoms with Crippen LogP contribution in [-0.4, -0.2) is 19.1 Å². The molecule has 2 rings (SSSR count). The highest BCUT2D eigenvalue weighted by molar-refractivity contribution is 5.74. The van der Waals surface area contributed by atoms with Crippen molar-refractivity contribution >= 4 is 5.97 Å². The summed E-state index contributed by atoms with van der Waals surface area (Å²) in [6.45, 7) is 3.18. The molecule has 86 valence electrons. The number of ether oxygens (including phenoxy) is 1. The van der Waals surface area contributed by atoms with Gasteiger partial charge >= 0.3 is 5.97 Å². The molecule has 2 atom stereocenters. The van der Waals surface area contributed by atoms with Crippen molar-refractivity contribution in [1.82, 2.24) is 5.32 Å². The van der Waals surface area contributed by atoms with Crippen LogP contribution in [0.3, 0.4) is 0 Å². The van der Waals surface area contributed by atoms with Crippen LogP contribution in [0.5, 0.6) is 0 Å². The summed E-state index contributed by atoms with van der Waals surface area (Å²) in [7, 11) is 0. The van der Waals surface area contributed by atoms with Gasteiger partial charge in [0.05, 0.1) is 12.5 Å². The van der Waals surface area contributed by atoms with Crippen LogP contribution in [0, 0.1) is 5.92 Å². The van der Waals surface area contributed by atoms with E-state index in [1.807, 2.05) is 25.1 Å². The van der Waals surface area contributed by atoms with E-state index >= 15 is 0 Å². The third-order valence-corrected chi connectivity index (χ3v) is 2.97. The second-order valence-electron chi connectivity index (χ2n) is 3.99. The van der Waals surface area contributed by atoms with E-state index in [0.717, 1.165) is 18.5 Å². The Hall–Kier alpha value is -1.35. The first-order valence-corrected chi connectivity index (χ1v) is 5.78. The van der Waals surface area contributed by atoms with Gasteiger partial charge in [0.1, 0.15) is 0 Å². The minimum atomic E-state index is -0.0821. The van der Waals surface area contributed by atoms with Crippen molar-refractivity contribution in [1.29, 1.82) is 0 Å². The molecule has 1 heterocycles. The van der Waals surface area contributed by atoms with Gasteiger partial charge in [0.25, 0.3) is 0 Å². The van der Waals surface area contributed by atoms with E-state index in [1.54, 1.807) is 0 Å². The molecule has 0 amide bonds. The Morgan fingerprint density at radius 1 is 1.44 bits per heavy atom. The lowest BCUT2D eigenvalue weighted by Gasteiger charge is -2.18. The Morgan fingerprint density at radius 3 is 2.88 bits per heavy atom. The summed E-state index contributed by atoms with van der Waals surface area (Å²) in [4.78, 5) is 11.8. The molecule has 0 bridgehead atoms. The predicted molar refractivity (Wildman–Crippen MR) is 61.9 cm³/mol. The molecule has 1 aromatic rings. The van der Waals surface area contributed by atoms with Crippen LogP contribution in [0.15, 0.2) is 30.3 Å². The average Bonchev–Trinajstić information content (AvgIpc) is 2.79. The van der Waals surface area contributed by atoms with E-state index in [4.69, 9.17) is 4.74 Å². The Kier molecular flexibility index (Phi) is 3.57. The smallest absolute Gasteiger partial charge is 0.310 e. The molecule has 1 N–H and O–H groups in total. The van der Waals surface area contributed by atoms with Crippen molar-refractivity contribution in [2.24, 2.45) is 5.92 Å². The van der Waals surface area contributed by atoms with Gasteiger partial charge in [-0.3, -0.25) is 4.79 Å². The Labute approximate surface area is 95.8 Å². The Balaban J connectivity index is 2.12. The van der Waals surface area contributed by atoms with Gasteiger partial charge in [0, 0.05) is 6.04 Å². The highest BCUT2D eigenvalue weighted by Gasteiger charge is 2.34. The highest BCUT2D eigenvalue weighted by Crippen LogP contribution is 2.30. The molecule has 1 aliphatic rings. The van der Waals surface area contributed by atoms with Gasteiger partial charge in [-0.25, -0.2) is 0 Å². The standard InChI is InChI=1S/C13H17NO2/c1-2-16-13(15)11-8-9-14-12(11)10-6-4-3-5-7-10/h3-7,11-12,14H,2,8-9H2,1H3/t11-,12+/m0/s1. The molecular weight excluding hydrogens is 202 g/mol. The maximum Gasteiger partial charge on any atom is 0.310 e. The van der Waals surface area contributed by atoms with Crippen LogP contribution in [0.2, 0.25) is 0 Å². The molecule has 0 saturated carbocycles. The van der Waals surface area contributed by atoms with E-state index in [2.05, 4.69) is 17.4 Å². The van der Waals surface area contributed by atoms with E-state index in [0.29, 0.717) is 6.61 Å². The molecule has 3 heteroatoms. The number of esters is 1. The number of hydrogen-bond donors (Lipinski definition) is 1. The fourth-order valence-corrected chi connectivity index (χ4v) is 2.22. The topological polar surface area (TPSA) is 38.3 Å². The third-order valence-electron chi connectivity index (χ3n) is 2.97. The molecule has 1 saturated heterocycles. The van der Waals surface area contributed by atoms with Crippen LogP contribution >= 0.6 is 0 Å². The van der Waals surface area contributed by atoms with Gasteiger partial charge < -0.3 is 10.1 Å². The number of rotatable bonds is 3. The highest BCUT2D eigenvalue weighted by atomic mass is 16.5. The van der Waals surface area contributed by atoms with Gasteiger partial charge in [0.2, 0.25) is 0 Å². The van der Waals surface area contributed by atoms with Gasteiger partial charge in [-0.05, 0) is 25.5 Å². The quantitative estimate of drug-likeness (QED) is 0.789. The van der Waals surface area contributed by atoms with Crippen LogP contribution in [0.1, 0.15) is 24.9 Å². The van der Waals surface area contributed by atoms with E-state index < -0.39 is 0 Å². The van der Waals surface area contributed by atoms with E-state index in [-0.39, 0.29) is 17.9 Å². The van der Waals surface area contributed by atoms with Gasteiger partial charge in [0.15, 0.2) is 0 Å². The molecule has 0 radical (unpaired) electrons. The monoisotopic (exact) mass is 219 g/mol. The zero-order chi connectivity index (χ0) is 11.4. The molecule has 0 aromatic heterocycles. The lowest BCUT2D eigenvalue weighted by molar-refractivity contribution is -0.148. The van der Waals surface area contributed by atoms with Gasteiger partial charge in [-0.1, -0.05) is 30.3 Å². The summed E-state index contributed by atoms with van der Waals surface area (Å²) < 4.78 is 5.10. The minimum Gasteiger partial charge on any atom is -0.466 e. The Bertz CT molecular complexity index is 350. The van der Waals surface area contributed by atoms with Crippen molar-refractivity contribution in [3.8, 4) is 0 Å². The van der Waals surface area contributed by atoms with Crippen LogP contribution in [0.4, 0.5) is 0 Å². The zero-order valence-corrected chi connectivity index (χ0v) is 9.48. The first-order valence-electron chi connectivity index (χ1n) is 5.78. The molecule has 0 unspecified atom stereocenters. The molecule has 1 aliphatic heterocycles. The first-order chi connectivity index (χ1) is 7.83. The predicted octanol–water partition coefficient (Wildman–Crippen LogP) is 1.90. The molecule has 1 fully saturated rings. The zero-order valence-electron chi connectivity index (χ0n) is 9.48. The van der Waals surface area contributed by atoms with Crippen LogP contribution < -0.4 is 5.32 Å². The maximum absolute atomic E-state index is 11.8. The van der Waals surface area contributed by atoms with Gasteiger partial charge in [-0.15, -0.1) is 0 Å². The molecule has 1 aromatic carbocycles. The number of carbonyl (C=O) groups excluding carboxylic acids is 1. The normalized spacial score (nSPS) is 24.3. The second kappa shape index (κ2) is 5.12. The van der Waals surface area contributed by atoms with E-state index in [1.165, 1.54) is 0 Å². The number of benzene rings is 1. The summed E-state index contributed by atoms with van der Waals surface area (Å²) in [5, 5.41) is 3.36. The van der Waals surface area contributed by atoms with Crippen LogP contribution in [-0.2, 0) is 9.53 Å². The van der Waals surface area contributed by atoms with Crippen molar-refractivity contribution in [2.75, 3.05) is 13.2 Å². The molecular formula is C13H17NO2. The molecule has 3 nitrogen and oxygen atoms in total. The fraction of sp³-hybridized carbons (Fsp3) is 0.462. The molecule has 0 aliphatic carbocycles. The van der Waals surface area contributed by atoms with Crippen LogP contribution in [0.25, 0.3) is 0 Å². The largest absolute Gasteiger partial charge is 0.466 e. The lowest BCUT2D eigenvalue weighted by atomic mass is 9.94. The maximum atomic E-state index is 11.8. The summed E-state index contributed by atoms with van der Waals surface area (Å²) >= 11 is 0. The molecule has 0 spiro atoms. The number of hydrogen-bond acceptors (Lipinski definition) is 3. The fourth-order valence-electron chi connectivity index (χ4n) is 2.22. The second-order valence-corrected chi connectivity index (χ2v) is 3.99. The van der Waals surface area contributed by atoms with Gasteiger partial charge in [-0.2, -0.15) is 0 Å². The van der Waals surface area contributed by atoms with Crippen molar-refractivity contribution in [3.63, 3.8) is 0 Å². The minimum absolute atomic E-state index is 0.0395.